The highest BCUT2D eigenvalue weighted by Crippen LogP contribution is 2.27. The van der Waals surface area contributed by atoms with E-state index in [9.17, 15) is 0 Å². The fraction of sp³-hybridized carbons (Fsp3) is 0.364. The van der Waals surface area contributed by atoms with Crippen molar-refractivity contribution in [1.82, 2.24) is 10.3 Å². The van der Waals surface area contributed by atoms with E-state index >= 15 is 0 Å². The Balaban J connectivity index is 0.000000640. The number of halogens is 2. The van der Waals surface area contributed by atoms with Gasteiger partial charge in [0.1, 0.15) is 11.3 Å². The van der Waals surface area contributed by atoms with Crippen LogP contribution < -0.4 is 5.32 Å². The van der Waals surface area contributed by atoms with Gasteiger partial charge in [-0.25, -0.2) is 0 Å². The summed E-state index contributed by atoms with van der Waals surface area (Å²) in [5, 5.41) is 3.41. The molecule has 0 aromatic carbocycles. The van der Waals surface area contributed by atoms with Crippen LogP contribution in [0.5, 0.6) is 0 Å². The van der Waals surface area contributed by atoms with Gasteiger partial charge in [-0.3, -0.25) is 4.98 Å². The zero-order valence-corrected chi connectivity index (χ0v) is 10.3. The first-order chi connectivity index (χ1) is 6.93. The minimum Gasteiger partial charge on any atom is -0.458 e. The molecule has 0 spiro atoms. The van der Waals surface area contributed by atoms with Crippen molar-refractivity contribution in [3.05, 3.63) is 30.2 Å². The summed E-state index contributed by atoms with van der Waals surface area (Å²) < 4.78 is 5.73. The average Bonchev–Trinajstić information content (AvgIpc) is 2.86. The second-order valence-electron chi connectivity index (χ2n) is 3.68. The molecule has 0 bridgehead atoms. The summed E-state index contributed by atoms with van der Waals surface area (Å²) in [6.45, 7) is 1.09. The van der Waals surface area contributed by atoms with Gasteiger partial charge in [0.2, 0.25) is 0 Å². The zero-order chi connectivity index (χ0) is 9.38. The van der Waals surface area contributed by atoms with Crippen LogP contribution in [0.2, 0.25) is 0 Å². The molecule has 0 aliphatic carbocycles. The number of aromatic nitrogens is 1. The highest BCUT2D eigenvalue weighted by Gasteiger charge is 2.19. The molecule has 88 valence electrons. The van der Waals surface area contributed by atoms with Crippen LogP contribution in [0.4, 0.5) is 0 Å². The lowest BCUT2D eigenvalue weighted by Gasteiger charge is -2.04. The summed E-state index contributed by atoms with van der Waals surface area (Å²) in [6.07, 6.45) is 4.19. The molecule has 1 saturated heterocycles. The molecule has 0 amide bonds. The molecule has 1 N–H and O–H groups in total. The number of hydrogen-bond acceptors (Lipinski definition) is 3. The standard InChI is InChI=1S/C11H12N2O.2ClH/c1-3-8(12-5-1)11-7-9-10(14-11)4-2-6-13-9;;/h2,4,6-8,12H,1,3,5H2;2*1H/t8-;;/m0../s1. The maximum Gasteiger partial charge on any atom is 0.152 e. The molecule has 0 saturated carbocycles. The molecule has 2 aromatic heterocycles. The number of fused-ring (bicyclic) bond motifs is 1. The summed E-state index contributed by atoms with van der Waals surface area (Å²) in [6, 6.07) is 6.29. The van der Waals surface area contributed by atoms with E-state index in [-0.39, 0.29) is 24.8 Å². The Bertz CT molecular complexity index is 419. The molecule has 1 fully saturated rings. The molecule has 2 aromatic rings. The smallest absolute Gasteiger partial charge is 0.152 e. The summed E-state index contributed by atoms with van der Waals surface area (Å²) in [5.74, 6) is 1.02. The van der Waals surface area contributed by atoms with Crippen LogP contribution in [-0.4, -0.2) is 11.5 Å². The van der Waals surface area contributed by atoms with Gasteiger partial charge in [-0.2, -0.15) is 0 Å². The van der Waals surface area contributed by atoms with E-state index in [1.54, 1.807) is 6.20 Å². The van der Waals surface area contributed by atoms with E-state index in [1.807, 2.05) is 18.2 Å². The third-order valence-electron chi connectivity index (χ3n) is 2.71. The van der Waals surface area contributed by atoms with Crippen LogP contribution in [0.15, 0.2) is 28.8 Å². The molecule has 1 aliphatic heterocycles. The number of hydrogen-bond donors (Lipinski definition) is 1. The highest BCUT2D eigenvalue weighted by atomic mass is 35.5. The van der Waals surface area contributed by atoms with Gasteiger partial charge in [-0.15, -0.1) is 24.8 Å². The summed E-state index contributed by atoms with van der Waals surface area (Å²) in [4.78, 5) is 4.25. The Morgan fingerprint density at radius 3 is 2.94 bits per heavy atom. The SMILES string of the molecule is Cl.Cl.c1cnc2cc([C@@H]3CCCN3)oc2c1. The van der Waals surface area contributed by atoms with Crippen molar-refractivity contribution in [2.75, 3.05) is 6.54 Å². The molecule has 3 rings (SSSR count). The molecule has 5 heteroatoms. The molecule has 1 atom stereocenters. The Hall–Kier alpha value is -0.770. The molecular weight excluding hydrogens is 247 g/mol. The van der Waals surface area contributed by atoms with Crippen molar-refractivity contribution in [3.63, 3.8) is 0 Å². The van der Waals surface area contributed by atoms with Crippen LogP contribution in [0.25, 0.3) is 11.1 Å². The number of pyridine rings is 1. The van der Waals surface area contributed by atoms with E-state index in [4.69, 9.17) is 4.42 Å². The predicted molar refractivity (Wildman–Crippen MR) is 68.5 cm³/mol. The first-order valence-corrected chi connectivity index (χ1v) is 5.01. The Morgan fingerprint density at radius 2 is 2.25 bits per heavy atom. The molecule has 0 radical (unpaired) electrons. The molecule has 3 nitrogen and oxygen atoms in total. The lowest BCUT2D eigenvalue weighted by molar-refractivity contribution is 0.471. The largest absolute Gasteiger partial charge is 0.458 e. The van der Waals surface area contributed by atoms with Gasteiger partial charge in [0, 0.05) is 12.3 Å². The van der Waals surface area contributed by atoms with Crippen molar-refractivity contribution in [2.45, 2.75) is 18.9 Å². The first-order valence-electron chi connectivity index (χ1n) is 5.01. The number of furan rings is 1. The van der Waals surface area contributed by atoms with Crippen LogP contribution in [0, 0.1) is 0 Å². The maximum absolute atomic E-state index is 5.73. The van der Waals surface area contributed by atoms with Crippen LogP contribution in [0.1, 0.15) is 24.6 Å². The maximum atomic E-state index is 5.73. The van der Waals surface area contributed by atoms with E-state index < -0.39 is 0 Å². The summed E-state index contributed by atoms with van der Waals surface area (Å²) in [5.41, 5.74) is 1.84. The molecule has 16 heavy (non-hydrogen) atoms. The Kier molecular flexibility index (Phi) is 4.59. The first kappa shape index (κ1) is 13.3. The van der Waals surface area contributed by atoms with Crippen molar-refractivity contribution in [2.24, 2.45) is 0 Å². The van der Waals surface area contributed by atoms with Crippen molar-refractivity contribution in [3.8, 4) is 0 Å². The minimum absolute atomic E-state index is 0. The number of nitrogens with one attached hydrogen (secondary N) is 1. The van der Waals surface area contributed by atoms with Gasteiger partial charge in [0.25, 0.3) is 0 Å². The van der Waals surface area contributed by atoms with Crippen molar-refractivity contribution in [1.29, 1.82) is 0 Å². The molecule has 1 aliphatic rings. The summed E-state index contributed by atoms with van der Waals surface area (Å²) in [7, 11) is 0. The lowest BCUT2D eigenvalue weighted by atomic mass is 10.2. The monoisotopic (exact) mass is 260 g/mol. The van der Waals surface area contributed by atoms with E-state index in [0.717, 1.165) is 23.4 Å². The summed E-state index contributed by atoms with van der Waals surface area (Å²) >= 11 is 0. The van der Waals surface area contributed by atoms with Gasteiger partial charge >= 0.3 is 0 Å². The van der Waals surface area contributed by atoms with Gasteiger partial charge < -0.3 is 9.73 Å². The lowest BCUT2D eigenvalue weighted by Crippen LogP contribution is -2.11. The van der Waals surface area contributed by atoms with Gasteiger partial charge in [-0.05, 0) is 31.5 Å². The number of rotatable bonds is 1. The van der Waals surface area contributed by atoms with Crippen LogP contribution in [-0.2, 0) is 0 Å². The van der Waals surface area contributed by atoms with E-state index in [1.165, 1.54) is 12.8 Å². The second kappa shape index (κ2) is 5.53. The fourth-order valence-corrected chi connectivity index (χ4v) is 1.99. The van der Waals surface area contributed by atoms with Crippen LogP contribution in [0.3, 0.4) is 0 Å². The quantitative estimate of drug-likeness (QED) is 0.857. The zero-order valence-electron chi connectivity index (χ0n) is 8.68. The van der Waals surface area contributed by atoms with Gasteiger partial charge in [0.05, 0.1) is 6.04 Å². The fourth-order valence-electron chi connectivity index (χ4n) is 1.99. The van der Waals surface area contributed by atoms with Gasteiger partial charge in [-0.1, -0.05) is 0 Å². The molecule has 3 heterocycles. The average molecular weight is 261 g/mol. The van der Waals surface area contributed by atoms with E-state index in [0.29, 0.717) is 6.04 Å². The third-order valence-corrected chi connectivity index (χ3v) is 2.71. The Morgan fingerprint density at radius 1 is 1.38 bits per heavy atom. The van der Waals surface area contributed by atoms with Crippen molar-refractivity contribution < 1.29 is 4.42 Å². The number of nitrogens with zero attached hydrogens (tertiary/aromatic N) is 1. The van der Waals surface area contributed by atoms with Crippen LogP contribution >= 0.6 is 24.8 Å². The predicted octanol–water partition coefficient (Wildman–Crippen LogP) is 3.10. The third kappa shape index (κ3) is 2.32. The van der Waals surface area contributed by atoms with E-state index in [2.05, 4.69) is 10.3 Å². The highest BCUT2D eigenvalue weighted by molar-refractivity contribution is 5.85. The minimum atomic E-state index is 0. The van der Waals surface area contributed by atoms with Gasteiger partial charge in [0.15, 0.2) is 5.58 Å². The second-order valence-corrected chi connectivity index (χ2v) is 3.68. The van der Waals surface area contributed by atoms with Crippen molar-refractivity contribution >= 4 is 35.9 Å². The topological polar surface area (TPSA) is 38.1 Å². The Labute approximate surface area is 106 Å². The normalized spacial score (nSPS) is 19.1. The molecule has 0 unspecified atom stereocenters. The molecular formula is C11H14Cl2N2O.